The molecule has 0 fully saturated rings. The highest BCUT2D eigenvalue weighted by atomic mass is 19.1. The topological polar surface area (TPSA) is 125 Å². The molecular formula is C33H50F2N4O4. The number of carbonyl (C=O) groups is 3. The van der Waals surface area contributed by atoms with Gasteiger partial charge in [-0.1, -0.05) is 52.3 Å². The second-order valence-corrected chi connectivity index (χ2v) is 12.1. The summed E-state index contributed by atoms with van der Waals surface area (Å²) in [6, 6.07) is 2.46. The van der Waals surface area contributed by atoms with Gasteiger partial charge in [-0.3, -0.25) is 14.4 Å². The van der Waals surface area contributed by atoms with Crippen molar-refractivity contribution in [1.82, 2.24) is 15.5 Å². The van der Waals surface area contributed by atoms with Crippen molar-refractivity contribution in [2.75, 3.05) is 26.2 Å². The molecule has 0 aromatic heterocycles. The average Bonchev–Trinajstić information content (AvgIpc) is 2.93. The molecule has 1 aromatic rings. The molecule has 0 bridgehead atoms. The smallest absolute Gasteiger partial charge is 0.249 e. The number of carbonyl (C=O) groups excluding carboxylic acids is 3. The molecule has 8 nitrogen and oxygen atoms in total. The fourth-order valence-electron chi connectivity index (χ4n) is 5.81. The van der Waals surface area contributed by atoms with Crippen molar-refractivity contribution in [3.05, 3.63) is 58.7 Å². The largest absolute Gasteiger partial charge is 0.391 e. The Morgan fingerprint density at radius 2 is 1.65 bits per heavy atom. The third-order valence-electron chi connectivity index (χ3n) is 7.86. The summed E-state index contributed by atoms with van der Waals surface area (Å²) in [7, 11) is 0. The van der Waals surface area contributed by atoms with Gasteiger partial charge in [0.25, 0.3) is 0 Å². The molecule has 1 aromatic carbocycles. The second-order valence-electron chi connectivity index (χ2n) is 12.1. The molecule has 0 saturated carbocycles. The van der Waals surface area contributed by atoms with Gasteiger partial charge in [-0.05, 0) is 62.6 Å². The Hall–Kier alpha value is -3.11. The van der Waals surface area contributed by atoms with E-state index in [0.717, 1.165) is 31.0 Å². The van der Waals surface area contributed by atoms with Crippen molar-refractivity contribution in [2.45, 2.75) is 85.8 Å². The summed E-state index contributed by atoms with van der Waals surface area (Å²) in [5.41, 5.74) is 5.79. The van der Waals surface area contributed by atoms with Crippen LogP contribution in [-0.4, -0.2) is 66.1 Å². The van der Waals surface area contributed by atoms with E-state index in [1.165, 1.54) is 0 Å². The molecule has 3 amide bonds. The fourth-order valence-corrected chi connectivity index (χ4v) is 5.81. The van der Waals surface area contributed by atoms with Crippen LogP contribution in [0, 0.1) is 28.9 Å². The standard InChI is InChI=1S/C33H50F2N4O4/c1-7-10-39(11-8-2)31(42)24-12-22(6)17-33(18-24,32(36)43)27(15-23-13-25(34)16-26(35)14-23)29(40)20-37-28(9-3)30(41)38-19-21(4)5/h12-14,16-17,21,27-29,37,40H,7-11,15,18-20H2,1-6H3,(H2,36,43)(H,38,41)/t27-,28+,29+,33?/m1/s1. The molecule has 1 aliphatic carbocycles. The van der Waals surface area contributed by atoms with Crippen LogP contribution < -0.4 is 16.4 Å². The van der Waals surface area contributed by atoms with Crippen LogP contribution in [0.5, 0.6) is 0 Å². The molecule has 5 N–H and O–H groups in total. The zero-order chi connectivity index (χ0) is 32.3. The number of nitrogens with one attached hydrogen (secondary N) is 2. The van der Waals surface area contributed by atoms with Gasteiger partial charge in [-0.2, -0.15) is 0 Å². The number of aliphatic hydroxyl groups excluding tert-OH is 1. The Morgan fingerprint density at radius 3 is 2.16 bits per heavy atom. The maximum atomic E-state index is 14.2. The van der Waals surface area contributed by atoms with Crippen molar-refractivity contribution in [1.29, 1.82) is 0 Å². The molecule has 1 aliphatic rings. The Morgan fingerprint density at radius 1 is 1.05 bits per heavy atom. The molecular weight excluding hydrogens is 554 g/mol. The van der Waals surface area contributed by atoms with Crippen LogP contribution in [0.3, 0.4) is 0 Å². The number of nitrogens with two attached hydrogens (primary N) is 1. The van der Waals surface area contributed by atoms with Gasteiger partial charge < -0.3 is 26.4 Å². The number of primary amides is 1. The third-order valence-corrected chi connectivity index (χ3v) is 7.86. The molecule has 0 saturated heterocycles. The highest BCUT2D eigenvalue weighted by molar-refractivity contribution is 5.97. The first-order valence-electron chi connectivity index (χ1n) is 15.4. The van der Waals surface area contributed by atoms with Crippen LogP contribution in [0.4, 0.5) is 8.78 Å². The minimum atomic E-state index is -1.54. The summed E-state index contributed by atoms with van der Waals surface area (Å²) in [5, 5.41) is 17.7. The van der Waals surface area contributed by atoms with Crippen molar-refractivity contribution in [3.63, 3.8) is 0 Å². The van der Waals surface area contributed by atoms with Gasteiger partial charge in [0.1, 0.15) is 11.6 Å². The quantitative estimate of drug-likeness (QED) is 0.214. The highest BCUT2D eigenvalue weighted by Crippen LogP contribution is 2.44. The fraction of sp³-hybridized carbons (Fsp3) is 0.606. The Labute approximate surface area is 255 Å². The van der Waals surface area contributed by atoms with Crippen LogP contribution in [0.25, 0.3) is 0 Å². The molecule has 1 unspecified atom stereocenters. The summed E-state index contributed by atoms with van der Waals surface area (Å²) < 4.78 is 28.5. The Balaban J connectivity index is 2.52. The maximum Gasteiger partial charge on any atom is 0.249 e. The highest BCUT2D eigenvalue weighted by Gasteiger charge is 2.48. The lowest BCUT2D eigenvalue weighted by atomic mass is 9.63. The van der Waals surface area contributed by atoms with E-state index in [0.29, 0.717) is 37.2 Å². The van der Waals surface area contributed by atoms with Gasteiger partial charge in [0.05, 0.1) is 17.6 Å². The van der Waals surface area contributed by atoms with Gasteiger partial charge in [0.2, 0.25) is 17.7 Å². The normalized spacial score (nSPS) is 18.8. The second kappa shape index (κ2) is 16.7. The number of aliphatic hydroxyl groups is 1. The lowest BCUT2D eigenvalue weighted by Gasteiger charge is -2.42. The summed E-state index contributed by atoms with van der Waals surface area (Å²) in [6.45, 7) is 13.0. The van der Waals surface area contributed by atoms with Gasteiger partial charge in [0, 0.05) is 43.7 Å². The molecule has 0 spiro atoms. The summed E-state index contributed by atoms with van der Waals surface area (Å²) in [6.07, 6.45) is 3.91. The Kier molecular flexibility index (Phi) is 14.0. The predicted octanol–water partition coefficient (Wildman–Crippen LogP) is 4.02. The lowest BCUT2D eigenvalue weighted by molar-refractivity contribution is -0.132. The molecule has 0 aliphatic heterocycles. The van der Waals surface area contributed by atoms with Gasteiger partial charge >= 0.3 is 0 Å². The van der Waals surface area contributed by atoms with Gasteiger partial charge in [-0.15, -0.1) is 0 Å². The number of halogens is 2. The number of hydrogen-bond acceptors (Lipinski definition) is 5. The summed E-state index contributed by atoms with van der Waals surface area (Å²) in [5.74, 6) is -3.48. The van der Waals surface area contributed by atoms with E-state index >= 15 is 0 Å². The van der Waals surface area contributed by atoms with E-state index in [9.17, 15) is 28.3 Å². The maximum absolute atomic E-state index is 14.2. The molecule has 2 rings (SSSR count). The van der Waals surface area contributed by atoms with Crippen molar-refractivity contribution >= 4 is 17.7 Å². The van der Waals surface area contributed by atoms with E-state index in [2.05, 4.69) is 10.6 Å². The minimum absolute atomic E-state index is 0.0754. The average molecular weight is 605 g/mol. The number of hydrogen-bond donors (Lipinski definition) is 4. The Bertz CT molecular complexity index is 1160. The summed E-state index contributed by atoms with van der Waals surface area (Å²) in [4.78, 5) is 41.6. The number of benzene rings is 1. The third kappa shape index (κ3) is 9.96. The van der Waals surface area contributed by atoms with Gasteiger partial charge in [-0.25, -0.2) is 8.78 Å². The number of nitrogens with zero attached hydrogens (tertiary/aromatic N) is 1. The van der Waals surface area contributed by atoms with E-state index in [4.69, 9.17) is 5.73 Å². The minimum Gasteiger partial charge on any atom is -0.391 e. The van der Waals surface area contributed by atoms with E-state index in [-0.39, 0.29) is 42.7 Å². The van der Waals surface area contributed by atoms with E-state index in [1.807, 2.05) is 34.6 Å². The van der Waals surface area contributed by atoms with Crippen molar-refractivity contribution < 1.29 is 28.3 Å². The van der Waals surface area contributed by atoms with Crippen molar-refractivity contribution in [2.24, 2.45) is 23.0 Å². The number of rotatable bonds is 17. The number of allylic oxidation sites excluding steroid dienone is 2. The van der Waals surface area contributed by atoms with Crippen LogP contribution in [-0.2, 0) is 20.8 Å². The van der Waals surface area contributed by atoms with Crippen molar-refractivity contribution in [3.8, 4) is 0 Å². The first-order valence-corrected chi connectivity index (χ1v) is 15.4. The zero-order valence-electron chi connectivity index (χ0n) is 26.5. The van der Waals surface area contributed by atoms with Crippen LogP contribution in [0.1, 0.15) is 72.8 Å². The van der Waals surface area contributed by atoms with Crippen LogP contribution >= 0.6 is 0 Å². The first kappa shape index (κ1) is 36.1. The monoisotopic (exact) mass is 604 g/mol. The van der Waals surface area contributed by atoms with E-state index in [1.54, 1.807) is 24.0 Å². The molecule has 0 heterocycles. The molecule has 0 radical (unpaired) electrons. The first-order chi connectivity index (χ1) is 20.3. The molecule has 43 heavy (non-hydrogen) atoms. The molecule has 4 atom stereocenters. The van der Waals surface area contributed by atoms with Crippen LogP contribution in [0.2, 0.25) is 0 Å². The summed E-state index contributed by atoms with van der Waals surface area (Å²) >= 11 is 0. The van der Waals surface area contributed by atoms with Crippen LogP contribution in [0.15, 0.2) is 41.5 Å². The zero-order valence-corrected chi connectivity index (χ0v) is 26.5. The number of amides is 3. The lowest BCUT2D eigenvalue weighted by Crippen LogP contribution is -2.53. The van der Waals surface area contributed by atoms with E-state index < -0.39 is 41.0 Å². The van der Waals surface area contributed by atoms with Gasteiger partial charge in [0.15, 0.2) is 0 Å². The molecule has 240 valence electrons. The molecule has 10 heteroatoms. The SMILES string of the molecule is CCCN(CCC)C(=O)C1=CC(C)=CC(C(N)=O)([C@H](Cc2cc(F)cc(F)c2)[C@@H](O)CN[C@@H](CC)C(=O)NCC(C)C)C1. The predicted molar refractivity (Wildman–Crippen MR) is 165 cm³/mol.